The highest BCUT2D eigenvalue weighted by molar-refractivity contribution is 7.20. The molecule has 0 aliphatic heterocycles. The smallest absolute Gasteiger partial charge is 0.349 e. The number of aromatic carboxylic acids is 1. The predicted octanol–water partition coefficient (Wildman–Crippen LogP) is 5.71. The summed E-state index contributed by atoms with van der Waals surface area (Å²) in [6.07, 6.45) is 10.5. The van der Waals surface area contributed by atoms with Crippen LogP contribution in [0.5, 0.6) is 0 Å². The highest BCUT2D eigenvalue weighted by Crippen LogP contribution is 2.29. The molecule has 178 valence electrons. The molecule has 0 radical (unpaired) electrons. The Hall–Kier alpha value is -2.42. The fourth-order valence-corrected chi connectivity index (χ4v) is 4.56. The van der Waals surface area contributed by atoms with Crippen LogP contribution in [0.4, 0.5) is 10.8 Å². The van der Waals surface area contributed by atoms with Crippen molar-refractivity contribution in [1.29, 1.82) is 0 Å². The number of unbranched alkanes of at least 4 members (excludes halogenated alkanes) is 8. The Balaban J connectivity index is 2.20. The average molecular weight is 466 g/mol. The maximum atomic E-state index is 12.9. The molecule has 9 heteroatoms. The van der Waals surface area contributed by atoms with Gasteiger partial charge in [-0.25, -0.2) is 19.3 Å². The minimum atomic E-state index is -1.11. The van der Waals surface area contributed by atoms with Crippen molar-refractivity contribution in [2.75, 3.05) is 18.0 Å². The van der Waals surface area contributed by atoms with Crippen LogP contribution in [0, 0.1) is 6.92 Å². The Morgan fingerprint density at radius 1 is 1.03 bits per heavy atom. The second kappa shape index (κ2) is 13.2. The standard InChI is InChI=1S/C23H35N3O5S/c1-4-6-8-10-12-14-24-22(30)26(15-13-11-9-7-5-2)23-25-19-17(21(29)31-23)16(3)18(32-19)20(27)28/h4-15H2,1-3H3,(H,24,30)(H,27,28). The summed E-state index contributed by atoms with van der Waals surface area (Å²) >= 11 is 0.924. The monoisotopic (exact) mass is 465 g/mol. The number of urea groups is 1. The molecule has 0 saturated heterocycles. The highest BCUT2D eigenvalue weighted by Gasteiger charge is 2.24. The van der Waals surface area contributed by atoms with Gasteiger partial charge in [0.25, 0.3) is 0 Å². The van der Waals surface area contributed by atoms with E-state index < -0.39 is 11.6 Å². The summed E-state index contributed by atoms with van der Waals surface area (Å²) < 4.78 is 5.40. The molecule has 0 unspecified atom stereocenters. The first-order chi connectivity index (χ1) is 15.4. The Bertz CT molecular complexity index is 953. The average Bonchev–Trinajstić information content (AvgIpc) is 3.10. The first kappa shape index (κ1) is 25.8. The number of carbonyl (C=O) groups is 2. The summed E-state index contributed by atoms with van der Waals surface area (Å²) in [5.41, 5.74) is -0.331. The largest absolute Gasteiger partial charge is 0.477 e. The number of carboxylic acid groups (broad SMARTS) is 1. The zero-order valence-electron chi connectivity index (χ0n) is 19.4. The van der Waals surface area contributed by atoms with Gasteiger partial charge in [-0.15, -0.1) is 11.3 Å². The molecular weight excluding hydrogens is 430 g/mol. The number of carboxylic acids is 1. The number of carbonyl (C=O) groups excluding carboxylic acids is 1. The second-order valence-corrected chi connectivity index (χ2v) is 9.04. The maximum Gasteiger partial charge on any atom is 0.349 e. The number of anilines is 1. The summed E-state index contributed by atoms with van der Waals surface area (Å²) in [5, 5.41) is 12.4. The van der Waals surface area contributed by atoms with E-state index in [0.717, 1.165) is 69.1 Å². The molecule has 2 aromatic rings. The maximum absolute atomic E-state index is 12.9. The second-order valence-electron chi connectivity index (χ2n) is 8.04. The number of thiophene rings is 1. The third-order valence-electron chi connectivity index (χ3n) is 5.43. The third kappa shape index (κ3) is 7.05. The van der Waals surface area contributed by atoms with Crippen molar-refractivity contribution in [3.8, 4) is 0 Å². The topological polar surface area (TPSA) is 113 Å². The molecule has 0 aliphatic rings. The summed E-state index contributed by atoms with van der Waals surface area (Å²) in [4.78, 5) is 43.0. The van der Waals surface area contributed by atoms with Crippen molar-refractivity contribution in [3.05, 3.63) is 20.9 Å². The zero-order chi connectivity index (χ0) is 23.5. The van der Waals surface area contributed by atoms with Gasteiger partial charge in [-0.3, -0.25) is 0 Å². The van der Waals surface area contributed by atoms with E-state index in [2.05, 4.69) is 24.1 Å². The molecule has 2 heterocycles. The van der Waals surface area contributed by atoms with Crippen LogP contribution in [-0.2, 0) is 0 Å². The summed E-state index contributed by atoms with van der Waals surface area (Å²) in [5.74, 6) is -1.11. The highest BCUT2D eigenvalue weighted by atomic mass is 32.1. The minimum absolute atomic E-state index is 0.0552. The van der Waals surface area contributed by atoms with Crippen molar-refractivity contribution in [2.45, 2.75) is 85.0 Å². The summed E-state index contributed by atoms with van der Waals surface area (Å²) in [6, 6.07) is -0.433. The van der Waals surface area contributed by atoms with Crippen LogP contribution in [0.1, 0.15) is 93.3 Å². The van der Waals surface area contributed by atoms with Crippen molar-refractivity contribution < 1.29 is 19.1 Å². The minimum Gasteiger partial charge on any atom is -0.477 e. The SMILES string of the molecule is CCCCCCCNC(=O)N(CCCCCCC)c1nc2sc(C(=O)O)c(C)c2c(=O)o1. The number of hydrogen-bond donors (Lipinski definition) is 2. The normalized spacial score (nSPS) is 11.1. The van der Waals surface area contributed by atoms with Crippen LogP contribution in [-0.4, -0.2) is 35.2 Å². The van der Waals surface area contributed by atoms with Crippen molar-refractivity contribution >= 4 is 39.6 Å². The number of aryl methyl sites for hydroxylation is 1. The molecule has 0 aliphatic carbocycles. The van der Waals surface area contributed by atoms with E-state index in [4.69, 9.17) is 4.42 Å². The van der Waals surface area contributed by atoms with E-state index in [9.17, 15) is 19.5 Å². The predicted molar refractivity (Wildman–Crippen MR) is 128 cm³/mol. The van der Waals surface area contributed by atoms with E-state index >= 15 is 0 Å². The Morgan fingerprint density at radius 3 is 2.28 bits per heavy atom. The lowest BCUT2D eigenvalue weighted by Gasteiger charge is -2.20. The van der Waals surface area contributed by atoms with Gasteiger partial charge in [0.2, 0.25) is 0 Å². The van der Waals surface area contributed by atoms with Crippen molar-refractivity contribution in [1.82, 2.24) is 10.3 Å². The molecule has 8 nitrogen and oxygen atoms in total. The van der Waals surface area contributed by atoms with Crippen molar-refractivity contribution in [3.63, 3.8) is 0 Å². The van der Waals surface area contributed by atoms with Gasteiger partial charge < -0.3 is 14.8 Å². The molecule has 2 amide bonds. The van der Waals surface area contributed by atoms with Crippen LogP contribution >= 0.6 is 11.3 Å². The first-order valence-electron chi connectivity index (χ1n) is 11.6. The fourth-order valence-electron chi connectivity index (χ4n) is 3.56. The number of nitrogens with zero attached hydrogens (tertiary/aromatic N) is 2. The molecule has 0 atom stereocenters. The molecule has 2 rings (SSSR count). The lowest BCUT2D eigenvalue weighted by molar-refractivity contribution is 0.0701. The van der Waals surface area contributed by atoms with Crippen LogP contribution < -0.4 is 15.8 Å². The number of fused-ring (bicyclic) bond motifs is 1. The number of aromatic nitrogens is 1. The van der Waals surface area contributed by atoms with Crippen LogP contribution in [0.3, 0.4) is 0 Å². The van der Waals surface area contributed by atoms with Gasteiger partial charge in [0, 0.05) is 13.1 Å². The van der Waals surface area contributed by atoms with Crippen LogP contribution in [0.25, 0.3) is 10.2 Å². The third-order valence-corrected chi connectivity index (χ3v) is 6.60. The first-order valence-corrected chi connectivity index (χ1v) is 12.4. The summed E-state index contributed by atoms with van der Waals surface area (Å²) in [7, 11) is 0. The molecule has 2 aromatic heterocycles. The molecule has 0 aromatic carbocycles. The van der Waals surface area contributed by atoms with E-state index in [1.807, 2.05) is 0 Å². The van der Waals surface area contributed by atoms with E-state index in [-0.39, 0.29) is 27.1 Å². The Morgan fingerprint density at radius 2 is 1.66 bits per heavy atom. The van der Waals surface area contributed by atoms with E-state index in [1.54, 1.807) is 6.92 Å². The van der Waals surface area contributed by atoms with Gasteiger partial charge in [-0.1, -0.05) is 65.2 Å². The molecule has 0 saturated carbocycles. The number of hydrogen-bond acceptors (Lipinski definition) is 6. The van der Waals surface area contributed by atoms with Gasteiger partial charge in [-0.05, 0) is 25.3 Å². The fraction of sp³-hybridized carbons (Fsp3) is 0.652. The number of rotatable bonds is 14. The van der Waals surface area contributed by atoms with Crippen LogP contribution in [0.2, 0.25) is 0 Å². The molecule has 32 heavy (non-hydrogen) atoms. The van der Waals surface area contributed by atoms with E-state index in [0.29, 0.717) is 18.7 Å². The summed E-state index contributed by atoms with van der Waals surface area (Å²) in [6.45, 7) is 6.79. The lowest BCUT2D eigenvalue weighted by atomic mass is 10.1. The van der Waals surface area contributed by atoms with Gasteiger partial charge in [0.1, 0.15) is 15.1 Å². The lowest BCUT2D eigenvalue weighted by Crippen LogP contribution is -2.42. The molecule has 0 spiro atoms. The zero-order valence-corrected chi connectivity index (χ0v) is 20.2. The Labute approximate surface area is 193 Å². The molecule has 2 N–H and O–H groups in total. The van der Waals surface area contributed by atoms with Gasteiger partial charge in [0.05, 0.1) is 0 Å². The van der Waals surface area contributed by atoms with Crippen LogP contribution in [0.15, 0.2) is 9.21 Å². The molecule has 0 fully saturated rings. The van der Waals surface area contributed by atoms with Gasteiger partial charge in [0.15, 0.2) is 0 Å². The number of amides is 2. The number of nitrogens with one attached hydrogen (secondary N) is 1. The Kier molecular flexibility index (Phi) is 10.7. The molecule has 0 bridgehead atoms. The van der Waals surface area contributed by atoms with E-state index in [1.165, 1.54) is 11.3 Å². The molecular formula is C23H35N3O5S. The van der Waals surface area contributed by atoms with Gasteiger partial charge >= 0.3 is 23.6 Å². The van der Waals surface area contributed by atoms with Crippen molar-refractivity contribution in [2.24, 2.45) is 0 Å². The quantitative estimate of drug-likeness (QED) is 0.345. The van der Waals surface area contributed by atoms with Gasteiger partial charge in [-0.2, -0.15) is 4.98 Å².